The summed E-state index contributed by atoms with van der Waals surface area (Å²) in [6.07, 6.45) is -0.433. The van der Waals surface area contributed by atoms with Gasteiger partial charge in [-0.05, 0) is 20.8 Å². The predicted octanol–water partition coefficient (Wildman–Crippen LogP) is -0.479. The molecule has 1 amide bonds. The van der Waals surface area contributed by atoms with E-state index in [1.165, 1.54) is 23.1 Å². The van der Waals surface area contributed by atoms with Gasteiger partial charge in [0, 0.05) is 17.7 Å². The van der Waals surface area contributed by atoms with Crippen molar-refractivity contribution in [1.29, 1.82) is 0 Å². The Morgan fingerprint density at radius 3 is 2.38 bits per heavy atom. The molecule has 9 heteroatoms. The highest BCUT2D eigenvalue weighted by molar-refractivity contribution is 5.72. The number of carbonyl (C=O) groups excluding carboxylic acids is 2. The number of nitro groups is 1. The lowest BCUT2D eigenvalue weighted by Gasteiger charge is -2.37. The number of benzene rings is 1. The molecule has 26 heavy (non-hydrogen) atoms. The van der Waals surface area contributed by atoms with Crippen LogP contribution in [0.4, 0.5) is 10.5 Å². The number of amides is 1. The smallest absolute Gasteiger partial charge is 0.410 e. The largest absolute Gasteiger partial charge is 0.544 e. The summed E-state index contributed by atoms with van der Waals surface area (Å²) < 4.78 is 5.32. The Bertz CT molecular complexity index is 692. The molecular formula is C17H23N3O6. The Morgan fingerprint density at radius 2 is 1.88 bits per heavy atom. The van der Waals surface area contributed by atoms with Crippen molar-refractivity contribution in [3.63, 3.8) is 0 Å². The van der Waals surface area contributed by atoms with Crippen molar-refractivity contribution in [2.75, 3.05) is 26.2 Å². The lowest BCUT2D eigenvalue weighted by molar-refractivity contribution is -0.928. The molecule has 0 saturated carbocycles. The van der Waals surface area contributed by atoms with E-state index in [0.29, 0.717) is 36.6 Å². The summed E-state index contributed by atoms with van der Waals surface area (Å²) >= 11 is 0. The van der Waals surface area contributed by atoms with E-state index < -0.39 is 28.6 Å². The summed E-state index contributed by atoms with van der Waals surface area (Å²) in [5.41, 5.74) is -0.446. The summed E-state index contributed by atoms with van der Waals surface area (Å²) in [4.78, 5) is 36.4. The molecule has 0 aromatic heterocycles. The molecule has 142 valence electrons. The molecule has 0 radical (unpaired) electrons. The molecule has 1 heterocycles. The van der Waals surface area contributed by atoms with Crippen molar-refractivity contribution in [3.8, 4) is 0 Å². The maximum absolute atomic E-state index is 12.1. The van der Waals surface area contributed by atoms with Gasteiger partial charge in [0.25, 0.3) is 5.69 Å². The minimum atomic E-state index is -1.30. The minimum Gasteiger partial charge on any atom is -0.544 e. The van der Waals surface area contributed by atoms with Gasteiger partial charge in [0.15, 0.2) is 6.04 Å². The number of nitro benzene ring substituents is 1. The lowest BCUT2D eigenvalue weighted by atomic mass is 10.0. The summed E-state index contributed by atoms with van der Waals surface area (Å²) in [7, 11) is 0. The van der Waals surface area contributed by atoms with Crippen molar-refractivity contribution in [1.82, 2.24) is 4.90 Å². The van der Waals surface area contributed by atoms with Gasteiger partial charge in [-0.15, -0.1) is 0 Å². The Morgan fingerprint density at radius 1 is 1.27 bits per heavy atom. The SMILES string of the molecule is CC(C)(C)OC(=O)N1CC[NH+]([C@H](C(=O)[O-])c2cccc([N+](=O)[O-])c2)CC1. The van der Waals surface area contributed by atoms with Gasteiger partial charge in [-0.2, -0.15) is 0 Å². The Labute approximate surface area is 151 Å². The molecule has 1 aromatic carbocycles. The van der Waals surface area contributed by atoms with Crippen LogP contribution >= 0.6 is 0 Å². The molecule has 0 aliphatic carbocycles. The van der Waals surface area contributed by atoms with Crippen LogP contribution in [0.5, 0.6) is 0 Å². The van der Waals surface area contributed by atoms with Crippen LogP contribution in [0.1, 0.15) is 32.4 Å². The minimum absolute atomic E-state index is 0.166. The lowest BCUT2D eigenvalue weighted by Crippen LogP contribution is -3.16. The molecule has 1 atom stereocenters. The summed E-state index contributed by atoms with van der Waals surface area (Å²) in [6, 6.07) is 4.54. The number of nitrogens with one attached hydrogen (secondary N) is 1. The summed E-state index contributed by atoms with van der Waals surface area (Å²) in [5, 5.41) is 22.6. The zero-order valence-electron chi connectivity index (χ0n) is 15.1. The molecule has 1 aliphatic rings. The van der Waals surface area contributed by atoms with Crippen LogP contribution in [0.15, 0.2) is 24.3 Å². The fourth-order valence-corrected chi connectivity index (χ4v) is 2.95. The molecule has 1 fully saturated rings. The van der Waals surface area contributed by atoms with E-state index in [2.05, 4.69) is 0 Å². The fourth-order valence-electron chi connectivity index (χ4n) is 2.95. The molecule has 1 saturated heterocycles. The number of carboxylic acids is 1. The third kappa shape index (κ3) is 4.92. The van der Waals surface area contributed by atoms with Crippen molar-refractivity contribution in [2.24, 2.45) is 0 Å². The Hall–Kier alpha value is -2.68. The van der Waals surface area contributed by atoms with Crippen LogP contribution in [0.25, 0.3) is 0 Å². The standard InChI is InChI=1S/C17H23N3O6/c1-17(2,3)26-16(23)19-9-7-18(8-10-19)14(15(21)22)12-5-4-6-13(11-12)20(24)25/h4-6,11,14H,7-10H2,1-3H3,(H,21,22)/t14-/m0/s1. The highest BCUT2D eigenvalue weighted by Gasteiger charge is 2.33. The molecule has 0 bridgehead atoms. The molecule has 9 nitrogen and oxygen atoms in total. The van der Waals surface area contributed by atoms with Crippen LogP contribution in [-0.2, 0) is 9.53 Å². The predicted molar refractivity (Wildman–Crippen MR) is 89.3 cm³/mol. The highest BCUT2D eigenvalue weighted by atomic mass is 16.6. The van der Waals surface area contributed by atoms with Gasteiger partial charge < -0.3 is 19.5 Å². The summed E-state index contributed by atoms with van der Waals surface area (Å²) in [6.45, 7) is 6.76. The second-order valence-corrected chi connectivity index (χ2v) is 7.23. The van der Waals surface area contributed by atoms with Crippen LogP contribution in [-0.4, -0.2) is 53.7 Å². The molecule has 1 aliphatic heterocycles. The number of non-ortho nitro benzene ring substituents is 1. The first-order chi connectivity index (χ1) is 12.1. The number of carboxylic acid groups (broad SMARTS) is 1. The zero-order chi connectivity index (χ0) is 19.5. The number of nitrogens with zero attached hydrogens (tertiary/aromatic N) is 2. The molecule has 0 unspecified atom stereocenters. The molecule has 1 N–H and O–H groups in total. The van der Waals surface area contributed by atoms with Crippen molar-refractivity contribution in [2.45, 2.75) is 32.4 Å². The monoisotopic (exact) mass is 365 g/mol. The van der Waals surface area contributed by atoms with Gasteiger partial charge in [0.2, 0.25) is 0 Å². The number of hydrogen-bond donors (Lipinski definition) is 1. The van der Waals surface area contributed by atoms with E-state index in [1.54, 1.807) is 26.8 Å². The third-order valence-electron chi connectivity index (χ3n) is 4.12. The zero-order valence-corrected chi connectivity index (χ0v) is 15.1. The number of hydrogen-bond acceptors (Lipinski definition) is 6. The van der Waals surface area contributed by atoms with Crippen LogP contribution < -0.4 is 10.0 Å². The van der Waals surface area contributed by atoms with E-state index in [1.807, 2.05) is 0 Å². The van der Waals surface area contributed by atoms with E-state index >= 15 is 0 Å². The number of ether oxygens (including phenoxy) is 1. The first kappa shape index (κ1) is 19.6. The highest BCUT2D eigenvalue weighted by Crippen LogP contribution is 2.18. The average molecular weight is 365 g/mol. The van der Waals surface area contributed by atoms with E-state index in [4.69, 9.17) is 4.74 Å². The number of carbonyl (C=O) groups is 2. The van der Waals surface area contributed by atoms with Gasteiger partial charge in [-0.1, -0.05) is 12.1 Å². The second-order valence-electron chi connectivity index (χ2n) is 7.23. The maximum atomic E-state index is 12.1. The van der Waals surface area contributed by atoms with Gasteiger partial charge in [-0.25, -0.2) is 4.79 Å². The Balaban J connectivity index is 2.09. The van der Waals surface area contributed by atoms with Crippen molar-refractivity contribution >= 4 is 17.7 Å². The van der Waals surface area contributed by atoms with Crippen molar-refractivity contribution in [3.05, 3.63) is 39.9 Å². The first-order valence-corrected chi connectivity index (χ1v) is 8.36. The van der Waals surface area contributed by atoms with Gasteiger partial charge in [0.05, 0.1) is 31.1 Å². The quantitative estimate of drug-likeness (QED) is 0.569. The molecule has 1 aromatic rings. The van der Waals surface area contributed by atoms with Crippen LogP contribution in [0.3, 0.4) is 0 Å². The fraction of sp³-hybridized carbons (Fsp3) is 0.529. The van der Waals surface area contributed by atoms with Crippen LogP contribution in [0, 0.1) is 10.1 Å². The van der Waals surface area contributed by atoms with E-state index in [9.17, 15) is 24.8 Å². The molecule has 2 rings (SSSR count). The molecule has 0 spiro atoms. The number of rotatable bonds is 4. The average Bonchev–Trinajstić information content (AvgIpc) is 2.54. The van der Waals surface area contributed by atoms with E-state index in [-0.39, 0.29) is 5.69 Å². The second kappa shape index (κ2) is 7.69. The molecular weight excluding hydrogens is 342 g/mol. The topological polar surface area (TPSA) is 117 Å². The number of aliphatic carboxylic acids is 1. The third-order valence-corrected chi connectivity index (χ3v) is 4.12. The maximum Gasteiger partial charge on any atom is 0.410 e. The van der Waals surface area contributed by atoms with Crippen LogP contribution in [0.2, 0.25) is 0 Å². The Kier molecular flexibility index (Phi) is 5.81. The first-order valence-electron chi connectivity index (χ1n) is 8.36. The van der Waals surface area contributed by atoms with Crippen molar-refractivity contribution < 1.29 is 29.3 Å². The van der Waals surface area contributed by atoms with Gasteiger partial charge in [-0.3, -0.25) is 15.0 Å². The number of quaternary nitrogens is 1. The van der Waals surface area contributed by atoms with Gasteiger partial charge in [0.1, 0.15) is 11.6 Å². The van der Waals surface area contributed by atoms with E-state index in [0.717, 1.165) is 0 Å². The normalized spacial score (nSPS) is 16.8. The summed E-state index contributed by atoms with van der Waals surface area (Å²) in [5.74, 6) is -1.30. The number of piperazine rings is 1. The van der Waals surface area contributed by atoms with Gasteiger partial charge >= 0.3 is 6.09 Å².